The molecule has 1 aromatic heterocycles. The van der Waals surface area contributed by atoms with Crippen molar-refractivity contribution in [3.05, 3.63) is 84.2 Å². The van der Waals surface area contributed by atoms with Crippen molar-refractivity contribution in [3.63, 3.8) is 0 Å². The highest BCUT2D eigenvalue weighted by molar-refractivity contribution is 5.79. The Morgan fingerprint density at radius 3 is 2.14 bits per heavy atom. The number of nitrogens with zero attached hydrogens (tertiary/aromatic N) is 2. The van der Waals surface area contributed by atoms with Gasteiger partial charge in [0, 0.05) is 5.69 Å². The first-order valence-electron chi connectivity index (χ1n) is 12.2. The van der Waals surface area contributed by atoms with Crippen molar-refractivity contribution in [2.45, 2.75) is 45.2 Å². The van der Waals surface area contributed by atoms with E-state index in [4.69, 9.17) is 14.2 Å². The number of benzene rings is 3. The number of aliphatic hydroxyl groups excluding tert-OH is 1. The van der Waals surface area contributed by atoms with Gasteiger partial charge in [-0.1, -0.05) is 38.1 Å². The summed E-state index contributed by atoms with van der Waals surface area (Å²) in [5, 5.41) is 11.1. The van der Waals surface area contributed by atoms with Gasteiger partial charge in [-0.2, -0.15) is 0 Å². The van der Waals surface area contributed by atoms with Gasteiger partial charge in [-0.3, -0.25) is 0 Å². The van der Waals surface area contributed by atoms with Gasteiger partial charge in [0.15, 0.2) is 0 Å². The summed E-state index contributed by atoms with van der Waals surface area (Å²) < 4.78 is 17.7. The summed E-state index contributed by atoms with van der Waals surface area (Å²) in [6.07, 6.45) is 2.08. The molecule has 1 aliphatic heterocycles. The molecule has 0 amide bonds. The lowest BCUT2D eigenvalue weighted by Crippen LogP contribution is -2.32. The van der Waals surface area contributed by atoms with Crippen molar-refractivity contribution >= 4 is 16.7 Å². The van der Waals surface area contributed by atoms with Crippen LogP contribution in [-0.4, -0.2) is 34.7 Å². The number of aromatic nitrogens is 2. The Hall–Kier alpha value is -3.55. The van der Waals surface area contributed by atoms with E-state index in [9.17, 15) is 5.11 Å². The van der Waals surface area contributed by atoms with Crippen LogP contribution >= 0.6 is 0 Å². The maximum absolute atomic E-state index is 11.1. The van der Waals surface area contributed by atoms with Gasteiger partial charge in [-0.25, -0.2) is 4.98 Å². The zero-order valence-corrected chi connectivity index (χ0v) is 20.1. The molecule has 35 heavy (non-hydrogen) atoms. The first-order chi connectivity index (χ1) is 17.2. The molecule has 1 aliphatic rings. The average Bonchev–Trinajstić information content (AvgIpc) is 3.50. The Morgan fingerprint density at radius 2 is 1.51 bits per heavy atom. The fourth-order valence-electron chi connectivity index (χ4n) is 4.48. The molecule has 5 rings (SSSR count). The van der Waals surface area contributed by atoms with Gasteiger partial charge in [0.25, 0.3) is 0 Å². The molecule has 7 heteroatoms. The Bertz CT molecular complexity index is 1240. The quantitative estimate of drug-likeness (QED) is 0.323. The molecular formula is C28H31N3O4. The molecule has 0 spiro atoms. The predicted molar refractivity (Wildman–Crippen MR) is 136 cm³/mol. The maximum atomic E-state index is 11.1. The first kappa shape index (κ1) is 23.2. The zero-order chi connectivity index (χ0) is 24.2. The fourth-order valence-corrected chi connectivity index (χ4v) is 4.48. The van der Waals surface area contributed by atoms with Gasteiger partial charge < -0.3 is 29.2 Å². The normalized spacial score (nSPS) is 19.9. The van der Waals surface area contributed by atoms with Crippen molar-refractivity contribution in [2.75, 3.05) is 18.1 Å². The van der Waals surface area contributed by atoms with Gasteiger partial charge in [-0.15, -0.1) is 0 Å². The van der Waals surface area contributed by atoms with Crippen LogP contribution in [0.2, 0.25) is 0 Å². The van der Waals surface area contributed by atoms with Gasteiger partial charge in [-0.05, 0) is 66.4 Å². The second kappa shape index (κ2) is 10.4. The zero-order valence-electron chi connectivity index (χ0n) is 20.1. The number of anilines is 1. The summed E-state index contributed by atoms with van der Waals surface area (Å²) in [5.74, 6) is 1.65. The SMILES string of the molecule is CCCOc1ccc([C@H]2OC(O)N(c3ccc4nc[nH]c4c3)[C@H]2c2ccc(OCCC)cc2)cc1. The molecule has 182 valence electrons. The van der Waals surface area contributed by atoms with Crippen LogP contribution in [-0.2, 0) is 4.74 Å². The van der Waals surface area contributed by atoms with E-state index in [1.165, 1.54) is 0 Å². The Morgan fingerprint density at radius 1 is 0.886 bits per heavy atom. The van der Waals surface area contributed by atoms with E-state index in [1.807, 2.05) is 71.6 Å². The van der Waals surface area contributed by atoms with Crippen LogP contribution in [0.5, 0.6) is 11.5 Å². The van der Waals surface area contributed by atoms with Crippen molar-refractivity contribution in [1.82, 2.24) is 9.97 Å². The second-order valence-electron chi connectivity index (χ2n) is 8.67. The number of fused-ring (bicyclic) bond motifs is 1. The number of aliphatic hydroxyl groups is 1. The molecule has 4 aromatic rings. The Kier molecular flexibility index (Phi) is 6.88. The van der Waals surface area contributed by atoms with Crippen molar-refractivity contribution in [3.8, 4) is 11.5 Å². The van der Waals surface area contributed by atoms with E-state index in [-0.39, 0.29) is 12.1 Å². The molecule has 1 fully saturated rings. The fraction of sp³-hybridized carbons (Fsp3) is 0.321. The van der Waals surface area contributed by atoms with Gasteiger partial charge in [0.05, 0.1) is 36.6 Å². The van der Waals surface area contributed by atoms with Crippen molar-refractivity contribution in [2.24, 2.45) is 0 Å². The molecule has 0 radical (unpaired) electrons. The van der Waals surface area contributed by atoms with E-state index in [2.05, 4.69) is 23.8 Å². The molecule has 2 N–H and O–H groups in total. The molecule has 1 unspecified atom stereocenters. The van der Waals surface area contributed by atoms with Crippen LogP contribution in [0.25, 0.3) is 11.0 Å². The topological polar surface area (TPSA) is 79.8 Å². The smallest absolute Gasteiger partial charge is 0.239 e. The van der Waals surface area contributed by atoms with Crippen molar-refractivity contribution in [1.29, 1.82) is 0 Å². The van der Waals surface area contributed by atoms with Gasteiger partial charge in [0.1, 0.15) is 17.6 Å². The summed E-state index contributed by atoms with van der Waals surface area (Å²) in [7, 11) is 0. The molecule has 0 aliphatic carbocycles. The predicted octanol–water partition coefficient (Wildman–Crippen LogP) is 5.74. The van der Waals surface area contributed by atoms with Crippen LogP contribution in [0, 0.1) is 0 Å². The van der Waals surface area contributed by atoms with Crippen LogP contribution < -0.4 is 14.4 Å². The van der Waals surface area contributed by atoms with Crippen molar-refractivity contribution < 1.29 is 19.3 Å². The minimum Gasteiger partial charge on any atom is -0.494 e. The number of ether oxygens (including phenoxy) is 3. The first-order valence-corrected chi connectivity index (χ1v) is 12.2. The molecule has 2 heterocycles. The largest absolute Gasteiger partial charge is 0.494 e. The number of imidazole rings is 1. The second-order valence-corrected chi connectivity index (χ2v) is 8.67. The molecule has 3 atom stereocenters. The lowest BCUT2D eigenvalue weighted by Gasteiger charge is -2.29. The number of aromatic amines is 1. The molecular weight excluding hydrogens is 442 g/mol. The molecule has 0 bridgehead atoms. The van der Waals surface area contributed by atoms with E-state index in [0.29, 0.717) is 13.2 Å². The lowest BCUT2D eigenvalue weighted by atomic mass is 9.94. The lowest BCUT2D eigenvalue weighted by molar-refractivity contribution is -0.0910. The summed E-state index contributed by atoms with van der Waals surface area (Å²) in [6.45, 7) is 5.52. The number of nitrogens with one attached hydrogen (secondary N) is 1. The van der Waals surface area contributed by atoms with E-state index >= 15 is 0 Å². The minimum atomic E-state index is -1.11. The third kappa shape index (κ3) is 4.83. The number of rotatable bonds is 9. The summed E-state index contributed by atoms with van der Waals surface area (Å²) in [4.78, 5) is 9.38. The molecule has 1 saturated heterocycles. The van der Waals surface area contributed by atoms with E-state index < -0.39 is 6.41 Å². The minimum absolute atomic E-state index is 0.256. The molecule has 0 saturated carbocycles. The maximum Gasteiger partial charge on any atom is 0.239 e. The van der Waals surface area contributed by atoms with Crippen LogP contribution in [0.15, 0.2) is 73.1 Å². The summed E-state index contributed by atoms with van der Waals surface area (Å²) >= 11 is 0. The Balaban J connectivity index is 1.51. The van der Waals surface area contributed by atoms with Crippen LogP contribution in [0.3, 0.4) is 0 Å². The number of H-pyrrole nitrogens is 1. The molecule has 3 aromatic carbocycles. The van der Waals surface area contributed by atoms with E-state index in [1.54, 1.807) is 6.33 Å². The van der Waals surface area contributed by atoms with Gasteiger partial charge in [0.2, 0.25) is 6.41 Å². The highest BCUT2D eigenvalue weighted by Crippen LogP contribution is 2.47. The highest BCUT2D eigenvalue weighted by atomic mass is 16.6. The summed E-state index contributed by atoms with van der Waals surface area (Å²) in [6, 6.07) is 21.6. The standard InChI is InChI=1S/C28H31N3O4/c1-3-15-33-22-10-5-19(6-11-22)26-27(20-7-12-23(13-8-20)34-16-4-2)35-28(32)31(26)21-9-14-24-25(17-21)30-18-29-24/h5-14,17-18,26-28,32H,3-4,15-16H2,1-2H3,(H,29,30)/t26-,27+,28?/m0/s1. The molecule has 7 nitrogen and oxygen atoms in total. The summed E-state index contributed by atoms with van der Waals surface area (Å²) in [5.41, 5.74) is 4.60. The number of hydrogen-bond acceptors (Lipinski definition) is 6. The highest BCUT2D eigenvalue weighted by Gasteiger charge is 2.43. The van der Waals surface area contributed by atoms with Gasteiger partial charge >= 0.3 is 0 Å². The third-order valence-corrected chi connectivity index (χ3v) is 6.17. The average molecular weight is 474 g/mol. The number of hydrogen-bond donors (Lipinski definition) is 2. The van der Waals surface area contributed by atoms with E-state index in [0.717, 1.165) is 52.2 Å². The van der Waals surface area contributed by atoms with Crippen LogP contribution in [0.1, 0.15) is 50.0 Å². The monoisotopic (exact) mass is 473 g/mol. The third-order valence-electron chi connectivity index (χ3n) is 6.17. The van der Waals surface area contributed by atoms with Crippen LogP contribution in [0.4, 0.5) is 5.69 Å². The Labute approximate surface area is 205 Å².